The molecule has 5 nitrogen and oxygen atoms in total. The topological polar surface area (TPSA) is 62.3 Å². The number of nitrogens with one attached hydrogen (secondary N) is 1. The fraction of sp³-hybridized carbons (Fsp3) is 0.421. The van der Waals surface area contributed by atoms with Crippen molar-refractivity contribution in [3.63, 3.8) is 0 Å². The molecule has 0 saturated carbocycles. The monoisotopic (exact) mass is 357 g/mol. The number of aromatic nitrogens is 1. The highest BCUT2D eigenvalue weighted by atomic mass is 32.1. The van der Waals surface area contributed by atoms with E-state index in [-0.39, 0.29) is 11.8 Å². The van der Waals surface area contributed by atoms with E-state index >= 15 is 0 Å². The van der Waals surface area contributed by atoms with Crippen LogP contribution in [0.5, 0.6) is 0 Å². The van der Waals surface area contributed by atoms with Gasteiger partial charge in [0.1, 0.15) is 0 Å². The lowest BCUT2D eigenvalue weighted by Crippen LogP contribution is -2.36. The molecule has 1 aliphatic rings. The number of nitrogens with zero attached hydrogens (tertiary/aromatic N) is 2. The Balaban J connectivity index is 1.76. The third kappa shape index (κ3) is 3.74. The van der Waals surface area contributed by atoms with Gasteiger partial charge >= 0.3 is 0 Å². The van der Waals surface area contributed by atoms with Crippen molar-refractivity contribution in [1.29, 1.82) is 0 Å². The van der Waals surface area contributed by atoms with Crippen LogP contribution >= 0.6 is 11.3 Å². The van der Waals surface area contributed by atoms with Gasteiger partial charge in [-0.1, -0.05) is 6.92 Å². The molecule has 0 saturated heterocycles. The largest absolute Gasteiger partial charge is 0.347 e. The predicted octanol–water partition coefficient (Wildman–Crippen LogP) is 2.98. The molecule has 0 aliphatic carbocycles. The SMILES string of the molecule is CCC(=O)N1CCc2c(cnc(C)c2CNC(=O)c2ccc(C)s2)C1. The minimum Gasteiger partial charge on any atom is -0.347 e. The maximum Gasteiger partial charge on any atom is 0.261 e. The highest BCUT2D eigenvalue weighted by Gasteiger charge is 2.23. The number of carbonyl (C=O) groups is 2. The maximum atomic E-state index is 12.3. The van der Waals surface area contributed by atoms with Crippen LogP contribution in [0.4, 0.5) is 0 Å². The highest BCUT2D eigenvalue weighted by Crippen LogP contribution is 2.24. The van der Waals surface area contributed by atoms with Crippen LogP contribution in [0.3, 0.4) is 0 Å². The summed E-state index contributed by atoms with van der Waals surface area (Å²) >= 11 is 1.50. The summed E-state index contributed by atoms with van der Waals surface area (Å²) in [4.78, 5) is 32.5. The predicted molar refractivity (Wildman–Crippen MR) is 98.6 cm³/mol. The standard InChI is InChI=1S/C19H23N3O2S/c1-4-18(23)22-8-7-15-14(11-22)9-20-13(3)16(15)10-21-19(24)17-6-5-12(2)25-17/h5-6,9H,4,7-8,10-11H2,1-3H3,(H,21,24). The summed E-state index contributed by atoms with van der Waals surface area (Å²) in [7, 11) is 0. The summed E-state index contributed by atoms with van der Waals surface area (Å²) in [5, 5.41) is 3.02. The van der Waals surface area contributed by atoms with Gasteiger partial charge in [-0.05, 0) is 49.1 Å². The summed E-state index contributed by atoms with van der Waals surface area (Å²) in [5.74, 6) is 0.128. The first kappa shape index (κ1) is 17.6. The molecule has 3 rings (SSSR count). The number of fused-ring (bicyclic) bond motifs is 1. The van der Waals surface area contributed by atoms with Gasteiger partial charge in [0.05, 0.1) is 4.88 Å². The van der Waals surface area contributed by atoms with Gasteiger partial charge in [0, 0.05) is 42.8 Å². The van der Waals surface area contributed by atoms with Crippen LogP contribution < -0.4 is 5.32 Å². The molecule has 0 bridgehead atoms. The Kier molecular flexibility index (Phi) is 5.18. The van der Waals surface area contributed by atoms with Gasteiger partial charge in [0.15, 0.2) is 0 Å². The fourth-order valence-corrected chi connectivity index (χ4v) is 3.99. The zero-order chi connectivity index (χ0) is 18.0. The van der Waals surface area contributed by atoms with Gasteiger partial charge in [-0.15, -0.1) is 11.3 Å². The number of pyridine rings is 1. The average Bonchev–Trinajstić information content (AvgIpc) is 3.06. The van der Waals surface area contributed by atoms with Crippen LogP contribution in [0.15, 0.2) is 18.3 Å². The minimum absolute atomic E-state index is 0.0475. The summed E-state index contributed by atoms with van der Waals surface area (Å²) in [6.07, 6.45) is 3.21. The Morgan fingerprint density at radius 3 is 2.80 bits per heavy atom. The molecule has 0 atom stereocenters. The molecular formula is C19H23N3O2S. The summed E-state index contributed by atoms with van der Waals surface area (Å²) in [6.45, 7) is 7.67. The molecule has 25 heavy (non-hydrogen) atoms. The van der Waals surface area contributed by atoms with Crippen LogP contribution in [0.25, 0.3) is 0 Å². The van der Waals surface area contributed by atoms with Crippen molar-refractivity contribution in [3.8, 4) is 0 Å². The van der Waals surface area contributed by atoms with E-state index in [1.807, 2.05) is 44.0 Å². The molecule has 2 amide bonds. The minimum atomic E-state index is -0.0475. The van der Waals surface area contributed by atoms with Crippen molar-refractivity contribution < 1.29 is 9.59 Å². The summed E-state index contributed by atoms with van der Waals surface area (Å²) < 4.78 is 0. The third-order valence-corrected chi connectivity index (χ3v) is 5.64. The maximum absolute atomic E-state index is 12.3. The number of amides is 2. The lowest BCUT2D eigenvalue weighted by molar-refractivity contribution is -0.131. The number of carbonyl (C=O) groups excluding carboxylic acids is 2. The van der Waals surface area contributed by atoms with E-state index in [0.29, 0.717) is 19.5 Å². The van der Waals surface area contributed by atoms with Gasteiger partial charge in [-0.2, -0.15) is 0 Å². The molecule has 1 N–H and O–H groups in total. The van der Waals surface area contributed by atoms with Gasteiger partial charge < -0.3 is 10.2 Å². The molecule has 132 valence electrons. The van der Waals surface area contributed by atoms with Crippen LogP contribution in [0.2, 0.25) is 0 Å². The first-order valence-corrected chi connectivity index (χ1v) is 9.40. The summed E-state index contributed by atoms with van der Waals surface area (Å²) in [5.41, 5.74) is 4.35. The van der Waals surface area contributed by atoms with Gasteiger partial charge in [0.2, 0.25) is 5.91 Å². The Morgan fingerprint density at radius 2 is 2.12 bits per heavy atom. The Labute approximate surface area is 152 Å². The van der Waals surface area contributed by atoms with Crippen LogP contribution in [-0.2, 0) is 24.3 Å². The number of aryl methyl sites for hydroxylation is 2. The van der Waals surface area contributed by atoms with Gasteiger partial charge in [-0.3, -0.25) is 14.6 Å². The normalized spacial score (nSPS) is 13.5. The van der Waals surface area contributed by atoms with Gasteiger partial charge in [-0.25, -0.2) is 0 Å². The van der Waals surface area contributed by atoms with Crippen molar-refractivity contribution in [1.82, 2.24) is 15.2 Å². The average molecular weight is 357 g/mol. The first-order chi connectivity index (χ1) is 12.0. The zero-order valence-corrected chi connectivity index (χ0v) is 15.7. The molecule has 0 radical (unpaired) electrons. The molecule has 0 unspecified atom stereocenters. The first-order valence-electron chi connectivity index (χ1n) is 8.58. The molecule has 1 aliphatic heterocycles. The fourth-order valence-electron chi connectivity index (χ4n) is 3.21. The molecule has 3 heterocycles. The van der Waals surface area contributed by atoms with E-state index < -0.39 is 0 Å². The number of hydrogen-bond acceptors (Lipinski definition) is 4. The van der Waals surface area contributed by atoms with Gasteiger partial charge in [0.25, 0.3) is 5.91 Å². The lowest BCUT2D eigenvalue weighted by atomic mass is 9.94. The zero-order valence-electron chi connectivity index (χ0n) is 14.9. The molecule has 2 aromatic heterocycles. The quantitative estimate of drug-likeness (QED) is 0.915. The number of rotatable bonds is 4. The molecule has 0 spiro atoms. The van der Waals surface area contributed by atoms with Crippen molar-refractivity contribution >= 4 is 23.2 Å². The van der Waals surface area contributed by atoms with Crippen LogP contribution in [0, 0.1) is 13.8 Å². The molecule has 2 aromatic rings. The van der Waals surface area contributed by atoms with E-state index in [0.717, 1.165) is 39.5 Å². The van der Waals surface area contributed by atoms with Crippen molar-refractivity contribution in [2.45, 2.75) is 46.7 Å². The summed E-state index contributed by atoms with van der Waals surface area (Å²) in [6, 6.07) is 3.81. The van der Waals surface area contributed by atoms with E-state index in [4.69, 9.17) is 0 Å². The van der Waals surface area contributed by atoms with E-state index in [1.165, 1.54) is 16.9 Å². The van der Waals surface area contributed by atoms with Crippen LogP contribution in [-0.4, -0.2) is 28.2 Å². The van der Waals surface area contributed by atoms with Crippen molar-refractivity contribution in [2.75, 3.05) is 6.54 Å². The van der Waals surface area contributed by atoms with Crippen molar-refractivity contribution in [3.05, 3.63) is 50.5 Å². The number of thiophene rings is 1. The Morgan fingerprint density at radius 1 is 1.32 bits per heavy atom. The van der Waals surface area contributed by atoms with Crippen molar-refractivity contribution in [2.24, 2.45) is 0 Å². The highest BCUT2D eigenvalue weighted by molar-refractivity contribution is 7.13. The Bertz CT molecular complexity index is 813. The third-order valence-electron chi connectivity index (χ3n) is 4.64. The lowest BCUT2D eigenvalue weighted by Gasteiger charge is -2.30. The molecule has 0 fully saturated rings. The van der Waals surface area contributed by atoms with Crippen LogP contribution in [0.1, 0.15) is 50.3 Å². The smallest absolute Gasteiger partial charge is 0.261 e. The second kappa shape index (κ2) is 7.35. The van der Waals surface area contributed by atoms with E-state index in [9.17, 15) is 9.59 Å². The molecule has 6 heteroatoms. The van der Waals surface area contributed by atoms with E-state index in [2.05, 4.69) is 10.3 Å². The molecule has 0 aromatic carbocycles. The number of hydrogen-bond donors (Lipinski definition) is 1. The second-order valence-electron chi connectivity index (χ2n) is 6.34. The van der Waals surface area contributed by atoms with E-state index in [1.54, 1.807) is 0 Å². The molecular weight excluding hydrogens is 334 g/mol. The Hall–Kier alpha value is -2.21. The second-order valence-corrected chi connectivity index (χ2v) is 7.63.